The van der Waals surface area contributed by atoms with E-state index in [0.29, 0.717) is 12.5 Å². The molecule has 0 bridgehead atoms. The molecule has 0 fully saturated rings. The third-order valence-electron chi connectivity index (χ3n) is 3.37. The normalized spacial score (nSPS) is 22.3. The summed E-state index contributed by atoms with van der Waals surface area (Å²) in [7, 11) is -2.98. The van der Waals surface area contributed by atoms with Gasteiger partial charge in [-0.2, -0.15) is 0 Å². The lowest BCUT2D eigenvalue weighted by molar-refractivity contribution is 0.424. The van der Waals surface area contributed by atoms with Gasteiger partial charge in [-0.25, -0.2) is 8.42 Å². The van der Waals surface area contributed by atoms with Crippen LogP contribution >= 0.6 is 0 Å². The maximum absolute atomic E-state index is 11.5. The quantitative estimate of drug-likeness (QED) is 0.751. The van der Waals surface area contributed by atoms with E-state index in [1.165, 1.54) is 12.7 Å². The molecule has 1 aliphatic carbocycles. The molecular weight excluding hydrogens is 222 g/mol. The van der Waals surface area contributed by atoms with Crippen molar-refractivity contribution in [3.05, 3.63) is 12.2 Å². The Morgan fingerprint density at radius 3 is 2.56 bits per heavy atom. The zero-order chi connectivity index (χ0) is 12.2. The monoisotopic (exact) mass is 245 g/mol. The summed E-state index contributed by atoms with van der Waals surface area (Å²) in [6, 6.07) is 0. The van der Waals surface area contributed by atoms with E-state index in [4.69, 9.17) is 0 Å². The van der Waals surface area contributed by atoms with Crippen molar-refractivity contribution in [3.8, 4) is 0 Å². The Hall–Kier alpha value is -0.350. The van der Waals surface area contributed by atoms with Crippen LogP contribution in [-0.2, 0) is 9.84 Å². The van der Waals surface area contributed by atoms with E-state index >= 15 is 0 Å². The predicted molar refractivity (Wildman–Crippen MR) is 68.3 cm³/mol. The van der Waals surface area contributed by atoms with Crippen LogP contribution in [0.15, 0.2) is 12.2 Å². The fourth-order valence-electron chi connectivity index (χ4n) is 1.75. The molecule has 0 aromatic heterocycles. The molecular formula is C12H23NO2S. The van der Waals surface area contributed by atoms with E-state index in [-0.39, 0.29) is 0 Å². The second kappa shape index (κ2) is 5.32. The van der Waals surface area contributed by atoms with Gasteiger partial charge in [0.05, 0.1) is 4.75 Å². The highest BCUT2D eigenvalue weighted by Gasteiger charge is 2.29. The molecule has 4 heteroatoms. The SMILES string of the molecule is CC(C)(CNCC1CC=CCC1)S(C)(=O)=O. The van der Waals surface area contributed by atoms with Gasteiger partial charge in [0.1, 0.15) is 0 Å². The number of rotatable bonds is 5. The maximum Gasteiger partial charge on any atom is 0.153 e. The molecule has 1 aliphatic rings. The highest BCUT2D eigenvalue weighted by molar-refractivity contribution is 7.92. The second-order valence-electron chi connectivity index (χ2n) is 5.31. The maximum atomic E-state index is 11.5. The van der Waals surface area contributed by atoms with Crippen molar-refractivity contribution in [2.24, 2.45) is 5.92 Å². The molecule has 0 saturated carbocycles. The van der Waals surface area contributed by atoms with Crippen molar-refractivity contribution >= 4 is 9.84 Å². The Bertz CT molecular complexity index is 344. The van der Waals surface area contributed by atoms with E-state index in [0.717, 1.165) is 19.4 Å². The molecule has 0 aromatic rings. The van der Waals surface area contributed by atoms with Gasteiger partial charge >= 0.3 is 0 Å². The Balaban J connectivity index is 2.32. The van der Waals surface area contributed by atoms with E-state index in [9.17, 15) is 8.42 Å². The minimum absolute atomic E-state index is 0.534. The first-order valence-electron chi connectivity index (χ1n) is 5.88. The molecule has 0 amide bonds. The average molecular weight is 245 g/mol. The van der Waals surface area contributed by atoms with Crippen LogP contribution in [0.25, 0.3) is 0 Å². The van der Waals surface area contributed by atoms with Crippen LogP contribution in [0.2, 0.25) is 0 Å². The third-order valence-corrected chi connectivity index (χ3v) is 5.52. The minimum Gasteiger partial charge on any atom is -0.315 e. The van der Waals surface area contributed by atoms with Crippen LogP contribution in [0.3, 0.4) is 0 Å². The molecule has 1 rings (SSSR count). The zero-order valence-electron chi connectivity index (χ0n) is 10.5. The van der Waals surface area contributed by atoms with Crippen molar-refractivity contribution in [2.45, 2.75) is 37.9 Å². The molecule has 0 heterocycles. The molecule has 0 aliphatic heterocycles. The fraction of sp³-hybridized carbons (Fsp3) is 0.833. The first-order chi connectivity index (χ1) is 7.33. The molecule has 0 radical (unpaired) electrons. The number of allylic oxidation sites excluding steroid dienone is 2. The number of sulfone groups is 1. The minimum atomic E-state index is -2.98. The molecule has 0 aromatic carbocycles. The lowest BCUT2D eigenvalue weighted by atomic mass is 9.94. The van der Waals surface area contributed by atoms with E-state index < -0.39 is 14.6 Å². The molecule has 1 atom stereocenters. The molecule has 0 saturated heterocycles. The van der Waals surface area contributed by atoms with Gasteiger partial charge in [0.25, 0.3) is 0 Å². The summed E-state index contributed by atoms with van der Waals surface area (Å²) < 4.78 is 22.3. The molecule has 1 N–H and O–H groups in total. The summed E-state index contributed by atoms with van der Waals surface area (Å²) in [4.78, 5) is 0. The van der Waals surface area contributed by atoms with E-state index in [2.05, 4.69) is 17.5 Å². The molecule has 94 valence electrons. The van der Waals surface area contributed by atoms with Gasteiger partial charge in [0.15, 0.2) is 9.84 Å². The number of hydrogen-bond donors (Lipinski definition) is 1. The van der Waals surface area contributed by atoms with Crippen LogP contribution in [0, 0.1) is 5.92 Å². The first-order valence-corrected chi connectivity index (χ1v) is 7.77. The van der Waals surface area contributed by atoms with Crippen LogP contribution in [0.1, 0.15) is 33.1 Å². The summed E-state index contributed by atoms with van der Waals surface area (Å²) in [5.74, 6) is 0.667. The van der Waals surface area contributed by atoms with Crippen molar-refractivity contribution < 1.29 is 8.42 Å². The van der Waals surface area contributed by atoms with Gasteiger partial charge in [-0.3, -0.25) is 0 Å². The lowest BCUT2D eigenvalue weighted by Gasteiger charge is -2.25. The molecule has 3 nitrogen and oxygen atoms in total. The highest BCUT2D eigenvalue weighted by Crippen LogP contribution is 2.18. The highest BCUT2D eigenvalue weighted by atomic mass is 32.2. The van der Waals surface area contributed by atoms with Crippen molar-refractivity contribution in [2.75, 3.05) is 19.3 Å². The van der Waals surface area contributed by atoms with Crippen LogP contribution in [0.5, 0.6) is 0 Å². The Morgan fingerprint density at radius 2 is 2.06 bits per heavy atom. The van der Waals surface area contributed by atoms with Crippen LogP contribution in [-0.4, -0.2) is 32.5 Å². The Morgan fingerprint density at radius 1 is 1.38 bits per heavy atom. The average Bonchev–Trinajstić information content (AvgIpc) is 2.17. The summed E-state index contributed by atoms with van der Waals surface area (Å²) in [6.45, 7) is 5.00. The van der Waals surface area contributed by atoms with Crippen molar-refractivity contribution in [1.82, 2.24) is 5.32 Å². The van der Waals surface area contributed by atoms with Gasteiger partial charge < -0.3 is 5.32 Å². The summed E-state index contributed by atoms with van der Waals surface area (Å²) in [5, 5.41) is 3.29. The zero-order valence-corrected chi connectivity index (χ0v) is 11.3. The van der Waals surface area contributed by atoms with Gasteiger partial charge in [0, 0.05) is 12.8 Å². The van der Waals surface area contributed by atoms with Crippen LogP contribution in [0.4, 0.5) is 0 Å². The van der Waals surface area contributed by atoms with Gasteiger partial charge in [0.2, 0.25) is 0 Å². The summed E-state index contributed by atoms with van der Waals surface area (Å²) >= 11 is 0. The standard InChI is InChI=1S/C12H23NO2S/c1-12(2,16(3,14)15)10-13-9-11-7-5-4-6-8-11/h4-5,11,13H,6-10H2,1-3H3. The smallest absolute Gasteiger partial charge is 0.153 e. The van der Waals surface area contributed by atoms with Gasteiger partial charge in [-0.15, -0.1) is 0 Å². The third kappa shape index (κ3) is 3.91. The van der Waals surface area contributed by atoms with Crippen molar-refractivity contribution in [3.63, 3.8) is 0 Å². The van der Waals surface area contributed by atoms with Gasteiger partial charge in [-0.1, -0.05) is 12.2 Å². The Kier molecular flexibility index (Phi) is 4.56. The van der Waals surface area contributed by atoms with Crippen LogP contribution < -0.4 is 5.32 Å². The predicted octanol–water partition coefficient (Wildman–Crippen LogP) is 1.76. The topological polar surface area (TPSA) is 46.2 Å². The van der Waals surface area contributed by atoms with E-state index in [1.54, 1.807) is 13.8 Å². The Labute approximate surface area is 99.2 Å². The lowest BCUT2D eigenvalue weighted by Crippen LogP contribution is -2.43. The fourth-order valence-corrected chi connectivity index (χ4v) is 2.11. The molecule has 16 heavy (non-hydrogen) atoms. The van der Waals surface area contributed by atoms with Crippen molar-refractivity contribution in [1.29, 1.82) is 0 Å². The van der Waals surface area contributed by atoms with Gasteiger partial charge in [-0.05, 0) is 45.6 Å². The summed E-state index contributed by atoms with van der Waals surface area (Å²) in [6.07, 6.45) is 9.23. The van der Waals surface area contributed by atoms with E-state index in [1.807, 2.05) is 0 Å². The largest absolute Gasteiger partial charge is 0.315 e. The second-order valence-corrected chi connectivity index (χ2v) is 7.96. The summed E-state index contributed by atoms with van der Waals surface area (Å²) in [5.41, 5.74) is 0. The first kappa shape index (κ1) is 13.7. The molecule has 1 unspecified atom stereocenters. The molecule has 0 spiro atoms. The number of nitrogens with one attached hydrogen (secondary N) is 1. The number of hydrogen-bond acceptors (Lipinski definition) is 3.